The Hall–Kier alpha value is -2.74. The Morgan fingerprint density at radius 1 is 1.12 bits per heavy atom. The number of nitrogens with zero attached hydrogens (tertiary/aromatic N) is 4. The molecule has 1 aliphatic rings. The zero-order valence-corrected chi connectivity index (χ0v) is 14.4. The minimum atomic E-state index is -0.463. The Kier molecular flexibility index (Phi) is 6.24. The average Bonchev–Trinajstić information content (AvgIpc) is 2.59. The summed E-state index contributed by atoms with van der Waals surface area (Å²) in [5.41, 5.74) is 0.737. The van der Waals surface area contributed by atoms with E-state index in [1.165, 1.54) is 18.2 Å². The number of hydrogen-bond donors (Lipinski definition) is 0. The summed E-state index contributed by atoms with van der Waals surface area (Å²) in [5, 5.41) is 10.6. The third-order valence-electron chi connectivity index (χ3n) is 3.92. The number of hydrogen-bond acceptors (Lipinski definition) is 5. The van der Waals surface area contributed by atoms with Gasteiger partial charge in [0.2, 0.25) is 11.8 Å². The smallest absolute Gasteiger partial charge is 0.269 e. The standard InChI is InChI=1S/C17H22N4O4/c1-18(2)13-17(23)20-11-9-19(10-12-20)16(22)8-5-14-3-6-15(7-4-14)21(24)25/h3-8H,9-13H2,1-2H3. The molecule has 134 valence electrons. The van der Waals surface area contributed by atoms with Crippen molar-refractivity contribution in [3.63, 3.8) is 0 Å². The van der Waals surface area contributed by atoms with Crippen molar-refractivity contribution >= 4 is 23.6 Å². The molecule has 0 saturated carbocycles. The maximum Gasteiger partial charge on any atom is 0.269 e. The van der Waals surface area contributed by atoms with Gasteiger partial charge in [-0.25, -0.2) is 0 Å². The molecule has 0 bridgehead atoms. The van der Waals surface area contributed by atoms with Crippen LogP contribution in [0, 0.1) is 10.1 Å². The van der Waals surface area contributed by atoms with Crippen LogP contribution in [-0.2, 0) is 9.59 Å². The van der Waals surface area contributed by atoms with Crippen LogP contribution in [0.3, 0.4) is 0 Å². The second kappa shape index (κ2) is 8.39. The Labute approximate surface area is 146 Å². The van der Waals surface area contributed by atoms with Crippen molar-refractivity contribution in [3.05, 3.63) is 46.0 Å². The maximum atomic E-state index is 12.2. The van der Waals surface area contributed by atoms with Gasteiger partial charge in [-0.2, -0.15) is 0 Å². The van der Waals surface area contributed by atoms with Gasteiger partial charge in [0.05, 0.1) is 11.5 Å². The first-order chi connectivity index (χ1) is 11.9. The number of nitro groups is 1. The molecule has 1 heterocycles. The molecule has 1 saturated heterocycles. The van der Waals surface area contributed by atoms with Crippen LogP contribution < -0.4 is 0 Å². The van der Waals surface area contributed by atoms with Gasteiger partial charge in [-0.05, 0) is 37.9 Å². The molecule has 1 fully saturated rings. The molecule has 0 radical (unpaired) electrons. The van der Waals surface area contributed by atoms with Gasteiger partial charge in [0, 0.05) is 44.4 Å². The zero-order valence-electron chi connectivity index (χ0n) is 14.4. The quantitative estimate of drug-likeness (QED) is 0.448. The lowest BCUT2D eigenvalue weighted by atomic mass is 10.2. The van der Waals surface area contributed by atoms with Crippen molar-refractivity contribution in [2.24, 2.45) is 0 Å². The summed E-state index contributed by atoms with van der Waals surface area (Å²) in [4.78, 5) is 39.7. The lowest BCUT2D eigenvalue weighted by Crippen LogP contribution is -2.51. The number of benzene rings is 1. The van der Waals surface area contributed by atoms with Crippen LogP contribution in [0.25, 0.3) is 6.08 Å². The molecule has 2 amide bonds. The number of likely N-dealkylation sites (N-methyl/N-ethyl adjacent to an activating group) is 1. The first kappa shape index (κ1) is 18.6. The summed E-state index contributed by atoms with van der Waals surface area (Å²) < 4.78 is 0. The van der Waals surface area contributed by atoms with Gasteiger partial charge in [-0.3, -0.25) is 19.7 Å². The molecular formula is C17H22N4O4. The predicted octanol–water partition coefficient (Wildman–Crippen LogP) is 0.840. The highest BCUT2D eigenvalue weighted by Gasteiger charge is 2.23. The van der Waals surface area contributed by atoms with Crippen LogP contribution >= 0.6 is 0 Å². The second-order valence-corrected chi connectivity index (χ2v) is 6.13. The maximum absolute atomic E-state index is 12.2. The van der Waals surface area contributed by atoms with Crippen molar-refractivity contribution in [1.82, 2.24) is 14.7 Å². The summed E-state index contributed by atoms with van der Waals surface area (Å²) in [6, 6.07) is 6.00. The molecule has 0 aromatic heterocycles. The number of nitro benzene ring substituents is 1. The van der Waals surface area contributed by atoms with Gasteiger partial charge in [-0.15, -0.1) is 0 Å². The molecular weight excluding hydrogens is 324 g/mol. The molecule has 25 heavy (non-hydrogen) atoms. The molecule has 1 aromatic rings. The summed E-state index contributed by atoms with van der Waals surface area (Å²) >= 11 is 0. The summed E-state index contributed by atoms with van der Waals surface area (Å²) in [7, 11) is 3.70. The van der Waals surface area contributed by atoms with E-state index in [1.54, 1.807) is 28.0 Å². The molecule has 2 rings (SSSR count). The lowest BCUT2D eigenvalue weighted by molar-refractivity contribution is -0.384. The molecule has 0 atom stereocenters. The van der Waals surface area contributed by atoms with Crippen molar-refractivity contribution < 1.29 is 14.5 Å². The Morgan fingerprint density at radius 3 is 2.20 bits per heavy atom. The predicted molar refractivity (Wildman–Crippen MR) is 93.8 cm³/mol. The topological polar surface area (TPSA) is 87.0 Å². The monoisotopic (exact) mass is 346 g/mol. The first-order valence-electron chi connectivity index (χ1n) is 8.01. The van der Waals surface area contributed by atoms with E-state index in [0.29, 0.717) is 32.7 Å². The molecule has 1 aromatic carbocycles. The van der Waals surface area contributed by atoms with Crippen LogP contribution in [0.5, 0.6) is 0 Å². The Morgan fingerprint density at radius 2 is 1.68 bits per heavy atom. The highest BCUT2D eigenvalue weighted by atomic mass is 16.6. The second-order valence-electron chi connectivity index (χ2n) is 6.13. The van der Waals surface area contributed by atoms with Crippen LogP contribution in [-0.4, -0.2) is 78.3 Å². The van der Waals surface area contributed by atoms with Crippen molar-refractivity contribution in [1.29, 1.82) is 0 Å². The first-order valence-corrected chi connectivity index (χ1v) is 8.01. The van der Waals surface area contributed by atoms with Gasteiger partial charge in [-0.1, -0.05) is 0 Å². The molecule has 0 N–H and O–H groups in total. The van der Waals surface area contributed by atoms with Gasteiger partial charge in [0.15, 0.2) is 0 Å². The average molecular weight is 346 g/mol. The highest BCUT2D eigenvalue weighted by Crippen LogP contribution is 2.13. The van der Waals surface area contributed by atoms with Gasteiger partial charge in [0.25, 0.3) is 5.69 Å². The number of carbonyl (C=O) groups is 2. The Balaban J connectivity index is 1.86. The fourth-order valence-electron chi connectivity index (χ4n) is 2.53. The van der Waals surface area contributed by atoms with Crippen molar-refractivity contribution in [2.45, 2.75) is 0 Å². The third kappa shape index (κ3) is 5.39. The van der Waals surface area contributed by atoms with E-state index in [4.69, 9.17) is 0 Å². The number of carbonyl (C=O) groups excluding carboxylic acids is 2. The zero-order chi connectivity index (χ0) is 18.4. The molecule has 0 aliphatic carbocycles. The molecule has 8 heteroatoms. The Bertz CT molecular complexity index is 662. The largest absolute Gasteiger partial charge is 0.338 e. The fourth-order valence-corrected chi connectivity index (χ4v) is 2.53. The van der Waals surface area contributed by atoms with Crippen LogP contribution in [0.4, 0.5) is 5.69 Å². The summed E-state index contributed by atoms with van der Waals surface area (Å²) in [5.74, 6) is -0.0587. The number of piperazine rings is 1. The highest BCUT2D eigenvalue weighted by molar-refractivity contribution is 5.92. The van der Waals surface area contributed by atoms with Gasteiger partial charge >= 0.3 is 0 Å². The third-order valence-corrected chi connectivity index (χ3v) is 3.92. The molecule has 0 unspecified atom stereocenters. The van der Waals surface area contributed by atoms with E-state index in [1.807, 2.05) is 19.0 Å². The van der Waals surface area contributed by atoms with Crippen LogP contribution in [0.2, 0.25) is 0 Å². The number of non-ortho nitro benzene ring substituents is 1. The lowest BCUT2D eigenvalue weighted by Gasteiger charge is -2.34. The van der Waals surface area contributed by atoms with E-state index in [-0.39, 0.29) is 17.5 Å². The van der Waals surface area contributed by atoms with Crippen molar-refractivity contribution in [2.75, 3.05) is 46.8 Å². The molecule has 0 spiro atoms. The minimum Gasteiger partial charge on any atom is -0.338 e. The van der Waals surface area contributed by atoms with Gasteiger partial charge in [0.1, 0.15) is 0 Å². The normalized spacial score (nSPS) is 15.0. The van der Waals surface area contributed by atoms with E-state index in [9.17, 15) is 19.7 Å². The fraction of sp³-hybridized carbons (Fsp3) is 0.412. The van der Waals surface area contributed by atoms with Gasteiger partial charge < -0.3 is 14.7 Å². The van der Waals surface area contributed by atoms with E-state index in [2.05, 4.69) is 0 Å². The van der Waals surface area contributed by atoms with Crippen LogP contribution in [0.15, 0.2) is 30.3 Å². The summed E-state index contributed by atoms with van der Waals surface area (Å²) in [6.45, 7) is 2.44. The number of rotatable bonds is 5. The van der Waals surface area contributed by atoms with E-state index >= 15 is 0 Å². The van der Waals surface area contributed by atoms with E-state index in [0.717, 1.165) is 5.56 Å². The SMILES string of the molecule is CN(C)CC(=O)N1CCN(C(=O)C=Cc2ccc([N+](=O)[O-])cc2)CC1. The van der Waals surface area contributed by atoms with Crippen molar-refractivity contribution in [3.8, 4) is 0 Å². The molecule has 8 nitrogen and oxygen atoms in total. The van der Waals surface area contributed by atoms with E-state index < -0.39 is 4.92 Å². The molecule has 1 aliphatic heterocycles. The van der Waals surface area contributed by atoms with Crippen LogP contribution in [0.1, 0.15) is 5.56 Å². The number of amides is 2. The summed E-state index contributed by atoms with van der Waals surface area (Å²) in [6.07, 6.45) is 3.09. The minimum absolute atomic E-state index is 0.0157.